The molecule has 0 unspecified atom stereocenters. The van der Waals surface area contributed by atoms with Gasteiger partial charge in [-0.3, -0.25) is 4.79 Å². The number of hydrogen-bond donors (Lipinski definition) is 1. The Morgan fingerprint density at radius 3 is 2.52 bits per heavy atom. The van der Waals surface area contributed by atoms with Crippen LogP contribution < -0.4 is 10.1 Å². The minimum Gasteiger partial charge on any atom is -0.496 e. The van der Waals surface area contributed by atoms with E-state index in [2.05, 4.69) is 5.32 Å². The summed E-state index contributed by atoms with van der Waals surface area (Å²) in [5.41, 5.74) is 5.50. The van der Waals surface area contributed by atoms with E-state index in [9.17, 15) is 4.79 Å². The topological polar surface area (TPSA) is 68.5 Å². The first-order valence-corrected chi connectivity index (χ1v) is 11.6. The Bertz CT molecular complexity index is 1290. The molecule has 2 aromatic heterocycles. The molecule has 0 aliphatic heterocycles. The molecule has 5 rings (SSSR count). The second-order valence-electron chi connectivity index (χ2n) is 8.60. The quantitative estimate of drug-likeness (QED) is 0.448. The lowest BCUT2D eigenvalue weighted by Crippen LogP contribution is -2.36. The molecule has 1 N–H and O–H groups in total. The van der Waals surface area contributed by atoms with Gasteiger partial charge in [0.15, 0.2) is 5.65 Å². The van der Waals surface area contributed by atoms with Gasteiger partial charge in [-0.05, 0) is 43.5 Å². The summed E-state index contributed by atoms with van der Waals surface area (Å²) in [5, 5.41) is 8.04. The van der Waals surface area contributed by atoms with Gasteiger partial charge < -0.3 is 10.1 Å². The van der Waals surface area contributed by atoms with Crippen LogP contribution >= 0.6 is 0 Å². The molecule has 0 spiro atoms. The van der Waals surface area contributed by atoms with Gasteiger partial charge in [0.05, 0.1) is 18.5 Å². The molecule has 1 saturated carbocycles. The maximum absolute atomic E-state index is 13.3. The molecule has 4 aromatic rings. The summed E-state index contributed by atoms with van der Waals surface area (Å²) in [4.78, 5) is 18.1. The predicted molar refractivity (Wildman–Crippen MR) is 129 cm³/mol. The Morgan fingerprint density at radius 1 is 1.03 bits per heavy atom. The Labute approximate surface area is 193 Å². The molecule has 0 radical (unpaired) electrons. The van der Waals surface area contributed by atoms with Crippen molar-refractivity contribution in [3.05, 3.63) is 72.1 Å². The molecule has 33 heavy (non-hydrogen) atoms. The number of fused-ring (bicyclic) bond motifs is 1. The Balaban J connectivity index is 1.70. The molecule has 0 bridgehead atoms. The van der Waals surface area contributed by atoms with Crippen LogP contribution in [0.5, 0.6) is 5.75 Å². The van der Waals surface area contributed by atoms with E-state index in [1.165, 1.54) is 6.42 Å². The van der Waals surface area contributed by atoms with Crippen molar-refractivity contribution in [3.63, 3.8) is 0 Å². The summed E-state index contributed by atoms with van der Waals surface area (Å²) in [6, 6.07) is 19.9. The van der Waals surface area contributed by atoms with Crippen LogP contribution in [0.3, 0.4) is 0 Å². The SMILES string of the molecule is COc1ccccc1-c1cc(C(=O)NC2CCCCC2)nc2c(-c3ccccc3)c(C)nn12. The maximum Gasteiger partial charge on any atom is 0.270 e. The summed E-state index contributed by atoms with van der Waals surface area (Å²) >= 11 is 0. The van der Waals surface area contributed by atoms with Gasteiger partial charge >= 0.3 is 0 Å². The van der Waals surface area contributed by atoms with Crippen LogP contribution in [0.15, 0.2) is 60.7 Å². The Morgan fingerprint density at radius 2 is 1.76 bits per heavy atom. The lowest BCUT2D eigenvalue weighted by Gasteiger charge is -2.22. The molecule has 2 aromatic carbocycles. The van der Waals surface area contributed by atoms with Crippen molar-refractivity contribution in [2.24, 2.45) is 0 Å². The molecular weight excluding hydrogens is 412 g/mol. The fourth-order valence-corrected chi connectivity index (χ4v) is 4.74. The largest absolute Gasteiger partial charge is 0.496 e. The lowest BCUT2D eigenvalue weighted by atomic mass is 9.95. The van der Waals surface area contributed by atoms with Crippen molar-refractivity contribution in [2.75, 3.05) is 7.11 Å². The van der Waals surface area contributed by atoms with Gasteiger partial charge in [0.2, 0.25) is 0 Å². The summed E-state index contributed by atoms with van der Waals surface area (Å²) in [5.74, 6) is 0.580. The standard InChI is InChI=1S/C27H28N4O2/c1-18-25(19-11-5-3-6-12-19)26-29-22(27(32)28-20-13-7-4-8-14-20)17-23(31(26)30-18)21-15-9-10-16-24(21)33-2/h3,5-6,9-12,15-17,20H,4,7-8,13-14H2,1-2H3,(H,28,32). The number of aryl methyl sites for hydroxylation is 1. The van der Waals surface area contributed by atoms with Crippen molar-refractivity contribution in [2.45, 2.75) is 45.1 Å². The maximum atomic E-state index is 13.3. The number of ether oxygens (including phenoxy) is 1. The van der Waals surface area contributed by atoms with Crippen LogP contribution in [0, 0.1) is 6.92 Å². The Kier molecular flexibility index (Phi) is 5.82. The van der Waals surface area contributed by atoms with Crippen molar-refractivity contribution < 1.29 is 9.53 Å². The van der Waals surface area contributed by atoms with E-state index in [1.54, 1.807) is 7.11 Å². The fourth-order valence-electron chi connectivity index (χ4n) is 4.74. The number of nitrogens with zero attached hydrogens (tertiary/aromatic N) is 3. The smallest absolute Gasteiger partial charge is 0.270 e. The molecule has 168 valence electrons. The molecule has 2 heterocycles. The summed E-state index contributed by atoms with van der Waals surface area (Å²) in [6.07, 6.45) is 5.60. The van der Waals surface area contributed by atoms with E-state index in [0.717, 1.165) is 59.5 Å². The van der Waals surface area contributed by atoms with Crippen LogP contribution in [0.2, 0.25) is 0 Å². The first kappa shape index (κ1) is 21.2. The molecule has 0 saturated heterocycles. The zero-order valence-electron chi connectivity index (χ0n) is 19.0. The van der Waals surface area contributed by atoms with Crippen LogP contribution in [-0.2, 0) is 0 Å². The summed E-state index contributed by atoms with van der Waals surface area (Å²) in [6.45, 7) is 1.98. The highest BCUT2D eigenvalue weighted by atomic mass is 16.5. The molecular formula is C27H28N4O2. The number of para-hydroxylation sites is 1. The van der Waals surface area contributed by atoms with Gasteiger partial charge in [0.25, 0.3) is 5.91 Å². The first-order chi connectivity index (χ1) is 16.2. The molecule has 0 atom stereocenters. The fraction of sp³-hybridized carbons (Fsp3) is 0.296. The van der Waals surface area contributed by atoms with Crippen LogP contribution in [-0.4, -0.2) is 33.7 Å². The number of amides is 1. The third-order valence-electron chi connectivity index (χ3n) is 6.38. The van der Waals surface area contributed by atoms with Crippen LogP contribution in [0.1, 0.15) is 48.3 Å². The third-order valence-corrected chi connectivity index (χ3v) is 6.38. The van der Waals surface area contributed by atoms with E-state index >= 15 is 0 Å². The van der Waals surface area contributed by atoms with Gasteiger partial charge in [-0.1, -0.05) is 61.7 Å². The van der Waals surface area contributed by atoms with Gasteiger partial charge in [0, 0.05) is 17.2 Å². The molecule has 1 fully saturated rings. The molecule has 1 aliphatic rings. The lowest BCUT2D eigenvalue weighted by molar-refractivity contribution is 0.0923. The molecule has 1 aliphatic carbocycles. The van der Waals surface area contributed by atoms with Gasteiger partial charge in [0.1, 0.15) is 11.4 Å². The van der Waals surface area contributed by atoms with E-state index in [-0.39, 0.29) is 11.9 Å². The van der Waals surface area contributed by atoms with Crippen LogP contribution in [0.4, 0.5) is 0 Å². The van der Waals surface area contributed by atoms with Crippen molar-refractivity contribution in [1.29, 1.82) is 0 Å². The minimum atomic E-state index is -0.140. The highest BCUT2D eigenvalue weighted by Gasteiger charge is 2.23. The number of aromatic nitrogens is 3. The normalized spacial score (nSPS) is 14.4. The number of carbonyl (C=O) groups is 1. The van der Waals surface area contributed by atoms with Crippen molar-refractivity contribution >= 4 is 11.6 Å². The average Bonchev–Trinajstić information content (AvgIpc) is 3.20. The van der Waals surface area contributed by atoms with Crippen molar-refractivity contribution in [3.8, 4) is 28.1 Å². The minimum absolute atomic E-state index is 0.140. The number of hydrogen-bond acceptors (Lipinski definition) is 4. The van der Waals surface area contributed by atoms with E-state index in [4.69, 9.17) is 14.8 Å². The molecule has 1 amide bonds. The Hall–Kier alpha value is -3.67. The average molecular weight is 441 g/mol. The first-order valence-electron chi connectivity index (χ1n) is 11.6. The highest BCUT2D eigenvalue weighted by Crippen LogP contribution is 2.34. The van der Waals surface area contributed by atoms with Gasteiger partial charge in [-0.2, -0.15) is 5.10 Å². The van der Waals surface area contributed by atoms with Gasteiger partial charge in [-0.25, -0.2) is 9.50 Å². The summed E-state index contributed by atoms with van der Waals surface area (Å²) < 4.78 is 7.46. The second-order valence-corrected chi connectivity index (χ2v) is 8.60. The molecule has 6 nitrogen and oxygen atoms in total. The molecule has 6 heteroatoms. The second kappa shape index (κ2) is 9.06. The number of rotatable bonds is 5. The monoisotopic (exact) mass is 440 g/mol. The number of methoxy groups -OCH3 is 1. The summed E-state index contributed by atoms with van der Waals surface area (Å²) in [7, 11) is 1.65. The zero-order chi connectivity index (χ0) is 22.8. The number of nitrogens with one attached hydrogen (secondary N) is 1. The van der Waals surface area contributed by atoms with Crippen molar-refractivity contribution in [1.82, 2.24) is 19.9 Å². The number of benzene rings is 2. The van der Waals surface area contributed by atoms with Crippen LogP contribution in [0.25, 0.3) is 28.0 Å². The van der Waals surface area contributed by atoms with Gasteiger partial charge in [-0.15, -0.1) is 0 Å². The van der Waals surface area contributed by atoms with E-state index in [0.29, 0.717) is 11.3 Å². The zero-order valence-corrected chi connectivity index (χ0v) is 19.0. The number of carbonyl (C=O) groups excluding carboxylic acids is 1. The third kappa shape index (κ3) is 4.09. The van der Waals surface area contributed by atoms with E-state index in [1.807, 2.05) is 72.1 Å². The predicted octanol–water partition coefficient (Wildman–Crippen LogP) is 5.44. The van der Waals surface area contributed by atoms with E-state index < -0.39 is 0 Å². The highest BCUT2D eigenvalue weighted by molar-refractivity contribution is 5.95.